The van der Waals surface area contributed by atoms with Gasteiger partial charge in [-0.3, -0.25) is 19.3 Å². The summed E-state index contributed by atoms with van der Waals surface area (Å²) >= 11 is 1.39. The van der Waals surface area contributed by atoms with Gasteiger partial charge in [0.1, 0.15) is 0 Å². The standard InChI is InChI=1S/C12H14N2O6S/c15-7(2-1-3-10(17)18)13-6-5-21-9-4-8(16)14(9)11(6)12(19)20/h9H,1-5H2,(H,13,15)(H,17,18)(H,19,20)/t9-/m1/s1. The Morgan fingerprint density at radius 2 is 2.00 bits per heavy atom. The summed E-state index contributed by atoms with van der Waals surface area (Å²) in [5, 5.41) is 20.0. The molecule has 2 aliphatic heterocycles. The second kappa shape index (κ2) is 6.17. The largest absolute Gasteiger partial charge is 0.481 e. The van der Waals surface area contributed by atoms with E-state index in [0.29, 0.717) is 12.2 Å². The van der Waals surface area contributed by atoms with Crippen molar-refractivity contribution >= 4 is 35.5 Å². The van der Waals surface area contributed by atoms with Crippen LogP contribution in [0, 0.1) is 0 Å². The van der Waals surface area contributed by atoms with Gasteiger partial charge in [-0.1, -0.05) is 0 Å². The zero-order valence-corrected chi connectivity index (χ0v) is 11.8. The van der Waals surface area contributed by atoms with E-state index in [0.717, 1.165) is 0 Å². The molecule has 0 aromatic carbocycles. The minimum atomic E-state index is -1.26. The van der Waals surface area contributed by atoms with Crippen molar-refractivity contribution in [1.29, 1.82) is 0 Å². The van der Waals surface area contributed by atoms with Crippen molar-refractivity contribution in [3.8, 4) is 0 Å². The molecule has 0 saturated carbocycles. The van der Waals surface area contributed by atoms with Gasteiger partial charge in [0, 0.05) is 18.6 Å². The minimum absolute atomic E-state index is 0.00919. The number of hydrogen-bond acceptors (Lipinski definition) is 5. The van der Waals surface area contributed by atoms with Crippen molar-refractivity contribution in [3.63, 3.8) is 0 Å². The fraction of sp³-hybridized carbons (Fsp3) is 0.500. The quantitative estimate of drug-likeness (QED) is 0.587. The van der Waals surface area contributed by atoms with Crippen LogP contribution < -0.4 is 5.32 Å². The maximum absolute atomic E-state index is 11.7. The van der Waals surface area contributed by atoms with Crippen molar-refractivity contribution in [1.82, 2.24) is 10.2 Å². The maximum Gasteiger partial charge on any atom is 0.354 e. The Bertz CT molecular complexity index is 544. The lowest BCUT2D eigenvalue weighted by Crippen LogP contribution is -2.55. The number of carbonyl (C=O) groups excluding carboxylic acids is 2. The fourth-order valence-electron chi connectivity index (χ4n) is 2.14. The third-order valence-electron chi connectivity index (χ3n) is 3.14. The van der Waals surface area contributed by atoms with E-state index in [4.69, 9.17) is 5.11 Å². The van der Waals surface area contributed by atoms with Gasteiger partial charge >= 0.3 is 11.9 Å². The number of carboxylic acids is 2. The highest BCUT2D eigenvalue weighted by Gasteiger charge is 2.45. The summed E-state index contributed by atoms with van der Waals surface area (Å²) in [6.07, 6.45) is 0.348. The van der Waals surface area contributed by atoms with Crippen LogP contribution in [0.2, 0.25) is 0 Å². The number of hydrogen-bond donors (Lipinski definition) is 3. The molecule has 0 aliphatic carbocycles. The normalized spacial score (nSPS) is 20.7. The molecule has 0 radical (unpaired) electrons. The highest BCUT2D eigenvalue weighted by Crippen LogP contribution is 2.39. The molecule has 9 heteroatoms. The summed E-state index contributed by atoms with van der Waals surface area (Å²) in [6.45, 7) is 0. The third-order valence-corrected chi connectivity index (χ3v) is 4.36. The maximum atomic E-state index is 11.7. The van der Waals surface area contributed by atoms with Gasteiger partial charge in [-0.05, 0) is 6.42 Å². The number of rotatable bonds is 6. The van der Waals surface area contributed by atoms with Crippen LogP contribution in [-0.2, 0) is 19.2 Å². The van der Waals surface area contributed by atoms with Crippen molar-refractivity contribution in [2.45, 2.75) is 31.1 Å². The fourth-order valence-corrected chi connectivity index (χ4v) is 3.34. The Labute approximate surface area is 124 Å². The van der Waals surface area contributed by atoms with Crippen LogP contribution in [0.15, 0.2) is 11.4 Å². The van der Waals surface area contributed by atoms with Crippen molar-refractivity contribution in [3.05, 3.63) is 11.4 Å². The number of β-lactam (4-membered cyclic amide) rings is 1. The average molecular weight is 314 g/mol. The van der Waals surface area contributed by atoms with Gasteiger partial charge in [-0.15, -0.1) is 11.8 Å². The number of carboxylic acid groups (broad SMARTS) is 2. The van der Waals surface area contributed by atoms with Gasteiger partial charge in [0.05, 0.1) is 17.5 Å². The molecule has 114 valence electrons. The number of amides is 2. The monoisotopic (exact) mass is 314 g/mol. The Hall–Kier alpha value is -2.03. The summed E-state index contributed by atoms with van der Waals surface area (Å²) in [4.78, 5) is 46.0. The number of nitrogens with one attached hydrogen (secondary N) is 1. The molecule has 21 heavy (non-hydrogen) atoms. The van der Waals surface area contributed by atoms with E-state index < -0.39 is 17.8 Å². The van der Waals surface area contributed by atoms with Gasteiger partial charge < -0.3 is 15.5 Å². The van der Waals surface area contributed by atoms with E-state index in [2.05, 4.69) is 5.32 Å². The molecule has 3 N–H and O–H groups in total. The first-order chi connectivity index (χ1) is 9.90. The van der Waals surface area contributed by atoms with Crippen molar-refractivity contribution in [2.24, 2.45) is 0 Å². The molecule has 0 bridgehead atoms. The lowest BCUT2D eigenvalue weighted by molar-refractivity contribution is -0.146. The molecule has 0 aromatic rings. The van der Waals surface area contributed by atoms with Gasteiger partial charge in [-0.2, -0.15) is 0 Å². The minimum Gasteiger partial charge on any atom is -0.481 e. The van der Waals surface area contributed by atoms with Gasteiger partial charge in [-0.25, -0.2) is 4.79 Å². The average Bonchev–Trinajstić information content (AvgIpc) is 2.38. The number of thioether (sulfide) groups is 1. The second-order valence-corrected chi connectivity index (χ2v) is 5.83. The highest BCUT2D eigenvalue weighted by molar-refractivity contribution is 8.00. The Balaban J connectivity index is 2.03. The lowest BCUT2D eigenvalue weighted by Gasteiger charge is -2.43. The number of carbonyl (C=O) groups is 4. The van der Waals surface area contributed by atoms with E-state index >= 15 is 0 Å². The molecule has 2 heterocycles. The summed E-state index contributed by atoms with van der Waals surface area (Å²) in [5.41, 5.74) is 0.0127. The van der Waals surface area contributed by atoms with Gasteiger partial charge in [0.2, 0.25) is 11.8 Å². The topological polar surface area (TPSA) is 124 Å². The lowest BCUT2D eigenvalue weighted by atomic mass is 10.1. The first kappa shape index (κ1) is 15.4. The zero-order chi connectivity index (χ0) is 15.6. The molecular weight excluding hydrogens is 300 g/mol. The van der Waals surface area contributed by atoms with Gasteiger partial charge in [0.25, 0.3) is 0 Å². The zero-order valence-electron chi connectivity index (χ0n) is 11.0. The van der Waals surface area contributed by atoms with E-state index in [9.17, 15) is 24.3 Å². The molecule has 2 amide bonds. The second-order valence-electron chi connectivity index (χ2n) is 4.66. The molecule has 0 aromatic heterocycles. The Morgan fingerprint density at radius 3 is 2.57 bits per heavy atom. The molecule has 2 aliphatic rings. The molecule has 1 atom stereocenters. The van der Waals surface area contributed by atoms with E-state index in [1.54, 1.807) is 0 Å². The summed E-state index contributed by atoms with van der Waals surface area (Å²) in [5.74, 6) is -2.66. The van der Waals surface area contributed by atoms with Crippen molar-refractivity contribution < 1.29 is 29.4 Å². The van der Waals surface area contributed by atoms with Crippen LogP contribution >= 0.6 is 11.8 Å². The van der Waals surface area contributed by atoms with E-state index in [-0.39, 0.29) is 41.9 Å². The Kier molecular flexibility index (Phi) is 4.51. The third kappa shape index (κ3) is 3.35. The Morgan fingerprint density at radius 1 is 1.29 bits per heavy atom. The smallest absolute Gasteiger partial charge is 0.354 e. The molecular formula is C12H14N2O6S. The van der Waals surface area contributed by atoms with Crippen LogP contribution in [-0.4, -0.2) is 50.0 Å². The van der Waals surface area contributed by atoms with E-state index in [1.165, 1.54) is 16.7 Å². The predicted molar refractivity (Wildman–Crippen MR) is 72.0 cm³/mol. The first-order valence-electron chi connectivity index (χ1n) is 6.32. The van der Waals surface area contributed by atoms with Gasteiger partial charge in [0.15, 0.2) is 5.70 Å². The van der Waals surface area contributed by atoms with E-state index in [1.807, 2.05) is 0 Å². The summed E-state index contributed by atoms with van der Waals surface area (Å²) in [7, 11) is 0. The molecule has 1 fully saturated rings. The molecule has 0 unspecified atom stereocenters. The number of aliphatic carboxylic acids is 2. The van der Waals surface area contributed by atoms with Crippen LogP contribution in [0.5, 0.6) is 0 Å². The molecule has 1 saturated heterocycles. The van der Waals surface area contributed by atoms with Crippen molar-refractivity contribution in [2.75, 3.05) is 5.75 Å². The number of nitrogens with zero attached hydrogens (tertiary/aromatic N) is 1. The SMILES string of the molecule is O=C(O)CCCC(=O)NC1=C(C(=O)O)N2C(=O)C[C@H]2SC1. The molecule has 2 rings (SSSR count). The van der Waals surface area contributed by atoms with Crippen LogP contribution in [0.3, 0.4) is 0 Å². The van der Waals surface area contributed by atoms with Crippen LogP contribution in [0.25, 0.3) is 0 Å². The van der Waals surface area contributed by atoms with Crippen LogP contribution in [0.4, 0.5) is 0 Å². The van der Waals surface area contributed by atoms with Crippen LogP contribution in [0.1, 0.15) is 25.7 Å². The number of fused-ring (bicyclic) bond motifs is 1. The summed E-state index contributed by atoms with van der Waals surface area (Å²) in [6, 6.07) is 0. The first-order valence-corrected chi connectivity index (χ1v) is 7.36. The predicted octanol–water partition coefficient (Wildman–Crippen LogP) is -0.0411. The molecule has 0 spiro atoms. The summed E-state index contributed by atoms with van der Waals surface area (Å²) < 4.78 is 0. The molecule has 8 nitrogen and oxygen atoms in total. The highest BCUT2D eigenvalue weighted by atomic mass is 32.2.